The highest BCUT2D eigenvalue weighted by molar-refractivity contribution is 9.10. The van der Waals surface area contributed by atoms with E-state index in [0.717, 1.165) is 11.1 Å². The molecule has 0 heterocycles. The lowest BCUT2D eigenvalue weighted by Crippen LogP contribution is -2.13. The van der Waals surface area contributed by atoms with Crippen molar-refractivity contribution < 1.29 is 9.53 Å². The Labute approximate surface area is 184 Å². The average Bonchev–Trinajstić information content (AvgIpc) is 2.68. The van der Waals surface area contributed by atoms with Crippen molar-refractivity contribution in [3.63, 3.8) is 0 Å². The molecule has 0 saturated heterocycles. The van der Waals surface area contributed by atoms with Crippen LogP contribution in [0.3, 0.4) is 0 Å². The summed E-state index contributed by atoms with van der Waals surface area (Å²) in [5.41, 5.74) is 2.86. The fraction of sp³-hybridized carbons (Fsp3) is 0.130. The van der Waals surface area contributed by atoms with E-state index in [4.69, 9.17) is 22.8 Å². The zero-order valence-corrected chi connectivity index (χ0v) is 18.1. The van der Waals surface area contributed by atoms with Gasteiger partial charge in [0.2, 0.25) is 0 Å². The van der Waals surface area contributed by atoms with Gasteiger partial charge in [0.25, 0.3) is 5.91 Å². The van der Waals surface area contributed by atoms with Crippen LogP contribution < -0.4 is 10.1 Å². The van der Waals surface area contributed by atoms with Gasteiger partial charge in [-0.2, -0.15) is 5.26 Å². The minimum absolute atomic E-state index is 0.0459. The van der Waals surface area contributed by atoms with E-state index >= 15 is 0 Å². The molecule has 2 aromatic carbocycles. The number of allylic oxidation sites excluding steroid dienone is 1. The summed E-state index contributed by atoms with van der Waals surface area (Å²) in [6.45, 7) is 5.74. The molecular weight excluding hydrogens is 452 g/mol. The first kappa shape index (κ1) is 22.3. The Balaban J connectivity index is 2.34. The SMILES string of the molecule is C#CCOc1c(Br)cc(/C=C(/C#N)C(=O)Nc2ccc(C)c(Cl)c2)cc1CC=C. The number of amides is 1. The third-order valence-electron chi connectivity index (χ3n) is 3.91. The molecule has 2 rings (SSSR count). The molecule has 2 aromatic rings. The van der Waals surface area contributed by atoms with Gasteiger partial charge in [0.05, 0.1) is 4.47 Å². The Morgan fingerprint density at radius 1 is 1.41 bits per heavy atom. The average molecular weight is 470 g/mol. The third kappa shape index (κ3) is 5.99. The van der Waals surface area contributed by atoms with Gasteiger partial charge >= 0.3 is 0 Å². The van der Waals surface area contributed by atoms with Gasteiger partial charge < -0.3 is 10.1 Å². The lowest BCUT2D eigenvalue weighted by molar-refractivity contribution is -0.112. The number of rotatable bonds is 7. The van der Waals surface area contributed by atoms with Gasteiger partial charge in [0.15, 0.2) is 0 Å². The van der Waals surface area contributed by atoms with Crippen LogP contribution in [0.5, 0.6) is 5.75 Å². The number of nitriles is 1. The van der Waals surface area contributed by atoms with Crippen LogP contribution in [-0.4, -0.2) is 12.5 Å². The number of nitrogens with one attached hydrogen (secondary N) is 1. The molecular formula is C23H18BrClN2O2. The second kappa shape index (κ2) is 10.5. The Morgan fingerprint density at radius 2 is 2.17 bits per heavy atom. The summed E-state index contributed by atoms with van der Waals surface area (Å²) < 4.78 is 6.26. The predicted octanol–water partition coefficient (Wildman–Crippen LogP) is 5.70. The first-order valence-corrected chi connectivity index (χ1v) is 9.75. The number of aryl methyl sites for hydroxylation is 1. The maximum Gasteiger partial charge on any atom is 0.266 e. The van der Waals surface area contributed by atoms with Gasteiger partial charge in [0.1, 0.15) is 24.0 Å². The van der Waals surface area contributed by atoms with Crippen molar-refractivity contribution in [3.8, 4) is 24.2 Å². The molecule has 0 fully saturated rings. The Morgan fingerprint density at radius 3 is 2.79 bits per heavy atom. The number of ether oxygens (including phenoxy) is 1. The summed E-state index contributed by atoms with van der Waals surface area (Å²) >= 11 is 9.55. The number of hydrogen-bond acceptors (Lipinski definition) is 3. The number of halogens is 2. The number of terminal acetylenes is 1. The van der Waals surface area contributed by atoms with Crippen molar-refractivity contribution >= 4 is 45.2 Å². The summed E-state index contributed by atoms with van der Waals surface area (Å²) in [6.07, 6.45) is 9.05. The molecule has 0 spiro atoms. The van der Waals surface area contributed by atoms with Crippen molar-refractivity contribution in [3.05, 3.63) is 74.7 Å². The van der Waals surface area contributed by atoms with Crippen LogP contribution in [0.1, 0.15) is 16.7 Å². The minimum atomic E-state index is -0.526. The summed E-state index contributed by atoms with van der Waals surface area (Å²) in [4.78, 5) is 12.5. The second-order valence-electron chi connectivity index (χ2n) is 6.06. The molecule has 0 saturated carbocycles. The van der Waals surface area contributed by atoms with Gasteiger partial charge in [-0.3, -0.25) is 4.79 Å². The number of carbonyl (C=O) groups excluding carboxylic acids is 1. The van der Waals surface area contributed by atoms with Crippen LogP contribution in [0.15, 0.2) is 53.0 Å². The fourth-order valence-corrected chi connectivity index (χ4v) is 3.34. The quantitative estimate of drug-likeness (QED) is 0.245. The molecule has 0 aliphatic rings. The molecule has 0 radical (unpaired) electrons. The summed E-state index contributed by atoms with van der Waals surface area (Å²) in [5, 5.41) is 12.7. The van der Waals surface area contributed by atoms with E-state index < -0.39 is 5.91 Å². The molecule has 0 aliphatic carbocycles. The maximum atomic E-state index is 12.5. The molecule has 4 nitrogen and oxygen atoms in total. The molecule has 29 heavy (non-hydrogen) atoms. The van der Waals surface area contributed by atoms with Gasteiger partial charge in [0, 0.05) is 10.7 Å². The highest BCUT2D eigenvalue weighted by Gasteiger charge is 2.13. The van der Waals surface area contributed by atoms with Crippen LogP contribution in [0, 0.1) is 30.6 Å². The Bertz CT molecular complexity index is 1060. The maximum absolute atomic E-state index is 12.5. The van der Waals surface area contributed by atoms with Crippen LogP contribution in [-0.2, 0) is 11.2 Å². The number of hydrogen-bond donors (Lipinski definition) is 1. The van der Waals surface area contributed by atoms with Crippen LogP contribution >= 0.6 is 27.5 Å². The third-order valence-corrected chi connectivity index (χ3v) is 4.91. The smallest absolute Gasteiger partial charge is 0.266 e. The highest BCUT2D eigenvalue weighted by Crippen LogP contribution is 2.32. The van der Waals surface area contributed by atoms with Crippen molar-refractivity contribution in [2.45, 2.75) is 13.3 Å². The minimum Gasteiger partial charge on any atom is -0.479 e. The summed E-state index contributed by atoms with van der Waals surface area (Å²) in [6, 6.07) is 10.7. The topological polar surface area (TPSA) is 62.1 Å². The molecule has 6 heteroatoms. The van der Waals surface area contributed by atoms with E-state index in [1.807, 2.05) is 19.1 Å². The van der Waals surface area contributed by atoms with Crippen LogP contribution in [0.2, 0.25) is 5.02 Å². The van der Waals surface area contributed by atoms with E-state index in [1.165, 1.54) is 6.08 Å². The predicted molar refractivity (Wildman–Crippen MR) is 121 cm³/mol. The number of anilines is 1. The largest absolute Gasteiger partial charge is 0.479 e. The molecule has 1 amide bonds. The zero-order chi connectivity index (χ0) is 21.4. The summed E-state index contributed by atoms with van der Waals surface area (Å²) in [5.74, 6) is 2.51. The number of nitrogens with zero attached hydrogens (tertiary/aromatic N) is 1. The molecule has 146 valence electrons. The lowest BCUT2D eigenvalue weighted by Gasteiger charge is -2.12. The molecule has 1 N–H and O–H groups in total. The van der Waals surface area contributed by atoms with Gasteiger partial charge in [-0.25, -0.2) is 0 Å². The Hall–Kier alpha value is -2.99. The van der Waals surface area contributed by atoms with E-state index in [2.05, 4.69) is 33.7 Å². The molecule has 0 aromatic heterocycles. The van der Waals surface area contributed by atoms with E-state index in [9.17, 15) is 10.1 Å². The van der Waals surface area contributed by atoms with E-state index in [1.54, 1.807) is 30.3 Å². The van der Waals surface area contributed by atoms with Crippen molar-refractivity contribution in [1.29, 1.82) is 5.26 Å². The van der Waals surface area contributed by atoms with Crippen molar-refractivity contribution in [2.75, 3.05) is 11.9 Å². The summed E-state index contributed by atoms with van der Waals surface area (Å²) in [7, 11) is 0. The second-order valence-corrected chi connectivity index (χ2v) is 7.33. The standard InChI is InChI=1S/C23H18BrClN2O2/c1-4-6-17-10-16(12-20(24)22(17)29-9-5-2)11-18(14-26)23(28)27-19-8-7-15(3)21(25)13-19/h2,4,7-8,10-13H,1,6,9H2,3H3,(H,27,28)/b18-11-. The van der Waals surface area contributed by atoms with Gasteiger partial charge in [-0.1, -0.05) is 29.7 Å². The molecule has 0 atom stereocenters. The fourth-order valence-electron chi connectivity index (χ4n) is 2.52. The van der Waals surface area contributed by atoms with Gasteiger partial charge in [-0.05, 0) is 76.3 Å². The first-order chi connectivity index (χ1) is 13.9. The highest BCUT2D eigenvalue weighted by atomic mass is 79.9. The van der Waals surface area contributed by atoms with Crippen LogP contribution in [0.25, 0.3) is 6.08 Å². The molecule has 0 unspecified atom stereocenters. The van der Waals surface area contributed by atoms with Crippen molar-refractivity contribution in [2.24, 2.45) is 0 Å². The molecule has 0 bridgehead atoms. The van der Waals surface area contributed by atoms with Crippen molar-refractivity contribution in [1.82, 2.24) is 0 Å². The Kier molecular flexibility index (Phi) is 8.09. The number of benzene rings is 2. The normalized spacial score (nSPS) is 10.6. The van der Waals surface area contributed by atoms with Gasteiger partial charge in [-0.15, -0.1) is 13.0 Å². The van der Waals surface area contributed by atoms with E-state index in [0.29, 0.717) is 32.9 Å². The zero-order valence-electron chi connectivity index (χ0n) is 15.8. The monoisotopic (exact) mass is 468 g/mol. The molecule has 0 aliphatic heterocycles. The first-order valence-electron chi connectivity index (χ1n) is 8.58. The van der Waals surface area contributed by atoms with Crippen LogP contribution in [0.4, 0.5) is 5.69 Å². The number of carbonyl (C=O) groups is 1. The van der Waals surface area contributed by atoms with E-state index in [-0.39, 0.29) is 12.2 Å². The lowest BCUT2D eigenvalue weighted by atomic mass is 10.0.